The predicted octanol–water partition coefficient (Wildman–Crippen LogP) is 2.20. The van der Waals surface area contributed by atoms with E-state index in [4.69, 9.17) is 0 Å². The van der Waals surface area contributed by atoms with Crippen molar-refractivity contribution in [2.75, 3.05) is 26.2 Å². The number of nitrogens with one attached hydrogen (secondary N) is 1. The van der Waals surface area contributed by atoms with Gasteiger partial charge in [0.25, 0.3) is 11.5 Å². The number of hydrogen-bond acceptors (Lipinski definition) is 4. The van der Waals surface area contributed by atoms with E-state index >= 15 is 0 Å². The van der Waals surface area contributed by atoms with Crippen LogP contribution >= 0.6 is 0 Å². The molecule has 4 rings (SSSR count). The van der Waals surface area contributed by atoms with Crippen molar-refractivity contribution in [2.45, 2.75) is 11.3 Å². The van der Waals surface area contributed by atoms with Gasteiger partial charge in [0, 0.05) is 31.6 Å². The Labute approximate surface area is 172 Å². The molecule has 1 fully saturated rings. The number of amides is 1. The van der Waals surface area contributed by atoms with Gasteiger partial charge in [0.1, 0.15) is 11.5 Å². The Morgan fingerprint density at radius 3 is 2.47 bits per heavy atom. The zero-order chi connectivity index (χ0) is 21.3. The molecular weight excluding hydrogens is 409 g/mol. The SMILES string of the molecule is O=C(c1cc2ccccc2c(=O)[nH]1)N1CCCN(S(=O)(=O)c2ccc(F)cc2)CC1. The number of fused-ring (bicyclic) bond motifs is 1. The molecule has 0 saturated carbocycles. The number of H-pyrrole nitrogens is 1. The summed E-state index contributed by atoms with van der Waals surface area (Å²) in [5, 5.41) is 1.17. The van der Waals surface area contributed by atoms with Crippen molar-refractivity contribution in [3.8, 4) is 0 Å². The molecule has 1 amide bonds. The number of pyridine rings is 1. The number of halogens is 1. The van der Waals surface area contributed by atoms with Crippen molar-refractivity contribution in [2.24, 2.45) is 0 Å². The Morgan fingerprint density at radius 1 is 0.967 bits per heavy atom. The summed E-state index contributed by atoms with van der Waals surface area (Å²) >= 11 is 0. The Morgan fingerprint density at radius 2 is 1.70 bits per heavy atom. The van der Waals surface area contributed by atoms with Gasteiger partial charge in [-0.25, -0.2) is 12.8 Å². The van der Waals surface area contributed by atoms with Crippen LogP contribution in [-0.4, -0.2) is 54.7 Å². The fourth-order valence-corrected chi connectivity index (χ4v) is 5.06. The van der Waals surface area contributed by atoms with Crippen LogP contribution in [0.25, 0.3) is 10.8 Å². The monoisotopic (exact) mass is 429 g/mol. The van der Waals surface area contributed by atoms with E-state index in [9.17, 15) is 22.4 Å². The van der Waals surface area contributed by atoms with E-state index < -0.39 is 15.8 Å². The Balaban J connectivity index is 1.54. The lowest BCUT2D eigenvalue weighted by Crippen LogP contribution is -2.38. The molecule has 2 heterocycles. The second kappa shape index (κ2) is 8.00. The number of carbonyl (C=O) groups is 1. The second-order valence-electron chi connectivity index (χ2n) is 7.10. The molecular formula is C21H20FN3O4S. The normalized spacial score (nSPS) is 15.8. The number of sulfonamides is 1. The fraction of sp³-hybridized carbons (Fsp3) is 0.238. The first-order chi connectivity index (χ1) is 14.4. The molecule has 2 aromatic carbocycles. The topological polar surface area (TPSA) is 90.6 Å². The zero-order valence-electron chi connectivity index (χ0n) is 16.0. The third kappa shape index (κ3) is 3.86. The molecule has 0 aliphatic carbocycles. The van der Waals surface area contributed by atoms with Crippen LogP contribution < -0.4 is 5.56 Å². The molecule has 3 aromatic rings. The maximum absolute atomic E-state index is 13.1. The third-order valence-corrected chi connectivity index (χ3v) is 7.09. The summed E-state index contributed by atoms with van der Waals surface area (Å²) in [6.45, 7) is 0.915. The smallest absolute Gasteiger partial charge is 0.270 e. The number of aromatic nitrogens is 1. The molecule has 7 nitrogen and oxygen atoms in total. The summed E-state index contributed by atoms with van der Waals surface area (Å²) in [6, 6.07) is 13.3. The van der Waals surface area contributed by atoms with Crippen molar-refractivity contribution < 1.29 is 17.6 Å². The highest BCUT2D eigenvalue weighted by atomic mass is 32.2. The number of carbonyl (C=O) groups excluding carboxylic acids is 1. The lowest BCUT2D eigenvalue weighted by molar-refractivity contribution is 0.0758. The quantitative estimate of drug-likeness (QED) is 0.691. The highest BCUT2D eigenvalue weighted by molar-refractivity contribution is 7.89. The molecule has 9 heteroatoms. The minimum absolute atomic E-state index is 0.0162. The van der Waals surface area contributed by atoms with E-state index in [-0.39, 0.29) is 41.7 Å². The molecule has 1 aliphatic heterocycles. The van der Waals surface area contributed by atoms with Gasteiger partial charge in [-0.3, -0.25) is 9.59 Å². The Bertz CT molecular complexity index is 1260. The summed E-state index contributed by atoms with van der Waals surface area (Å²) in [6.07, 6.45) is 0.448. The first-order valence-corrected chi connectivity index (χ1v) is 11.0. The summed E-state index contributed by atoms with van der Waals surface area (Å²) in [5.41, 5.74) is -0.166. The molecule has 1 saturated heterocycles. The van der Waals surface area contributed by atoms with E-state index in [2.05, 4.69) is 4.98 Å². The zero-order valence-corrected chi connectivity index (χ0v) is 16.9. The van der Waals surface area contributed by atoms with Crippen molar-refractivity contribution in [1.82, 2.24) is 14.2 Å². The van der Waals surface area contributed by atoms with Crippen LogP contribution in [-0.2, 0) is 10.0 Å². The van der Waals surface area contributed by atoms with Gasteiger partial charge in [0.2, 0.25) is 10.0 Å². The average Bonchev–Trinajstić information content (AvgIpc) is 3.00. The van der Waals surface area contributed by atoms with Crippen LogP contribution in [0.2, 0.25) is 0 Å². The minimum atomic E-state index is -3.78. The van der Waals surface area contributed by atoms with Crippen molar-refractivity contribution in [3.05, 3.63) is 76.5 Å². The first-order valence-electron chi connectivity index (χ1n) is 9.53. The maximum Gasteiger partial charge on any atom is 0.270 e. The molecule has 0 bridgehead atoms. The van der Waals surface area contributed by atoms with Crippen LogP contribution in [0.4, 0.5) is 4.39 Å². The van der Waals surface area contributed by atoms with Gasteiger partial charge < -0.3 is 9.88 Å². The van der Waals surface area contributed by atoms with Crippen molar-refractivity contribution >= 4 is 26.7 Å². The number of hydrogen-bond donors (Lipinski definition) is 1. The Kier molecular flexibility index (Phi) is 5.40. The van der Waals surface area contributed by atoms with Crippen LogP contribution in [0.15, 0.2) is 64.3 Å². The largest absolute Gasteiger partial charge is 0.336 e. The van der Waals surface area contributed by atoms with Gasteiger partial charge in [-0.15, -0.1) is 0 Å². The lowest BCUT2D eigenvalue weighted by Gasteiger charge is -2.22. The van der Waals surface area contributed by atoms with E-state index in [0.29, 0.717) is 23.7 Å². The van der Waals surface area contributed by atoms with Gasteiger partial charge in [-0.1, -0.05) is 18.2 Å². The summed E-state index contributed by atoms with van der Waals surface area (Å²) in [4.78, 5) is 29.4. The lowest BCUT2D eigenvalue weighted by atomic mass is 10.1. The van der Waals surface area contributed by atoms with Crippen LogP contribution in [0.3, 0.4) is 0 Å². The summed E-state index contributed by atoms with van der Waals surface area (Å²) in [5.74, 6) is -0.857. The standard InChI is InChI=1S/C21H20FN3O4S/c22-16-6-8-17(9-7-16)30(28,29)25-11-3-10-24(12-13-25)21(27)19-14-15-4-1-2-5-18(15)20(26)23-19/h1-2,4-9,14H,3,10-13H2,(H,23,26). The predicted molar refractivity (Wildman–Crippen MR) is 110 cm³/mol. The molecule has 30 heavy (non-hydrogen) atoms. The maximum atomic E-state index is 13.1. The van der Waals surface area contributed by atoms with Crippen LogP contribution in [0, 0.1) is 5.82 Å². The summed E-state index contributed by atoms with van der Waals surface area (Å²) < 4.78 is 40.1. The van der Waals surface area contributed by atoms with Crippen molar-refractivity contribution in [1.29, 1.82) is 0 Å². The highest BCUT2D eigenvalue weighted by Gasteiger charge is 2.29. The van der Waals surface area contributed by atoms with Crippen LogP contribution in [0.1, 0.15) is 16.9 Å². The van der Waals surface area contributed by atoms with E-state index in [0.717, 1.165) is 12.1 Å². The average molecular weight is 429 g/mol. The molecule has 1 N–H and O–H groups in total. The molecule has 0 spiro atoms. The number of benzene rings is 2. The van der Waals surface area contributed by atoms with E-state index in [1.165, 1.54) is 16.4 Å². The van der Waals surface area contributed by atoms with Gasteiger partial charge >= 0.3 is 0 Å². The number of aromatic amines is 1. The van der Waals surface area contributed by atoms with Crippen LogP contribution in [0.5, 0.6) is 0 Å². The van der Waals surface area contributed by atoms with Crippen molar-refractivity contribution in [3.63, 3.8) is 0 Å². The number of nitrogens with zero attached hydrogens (tertiary/aromatic N) is 2. The van der Waals surface area contributed by atoms with Gasteiger partial charge in [0.05, 0.1) is 4.90 Å². The van der Waals surface area contributed by atoms with E-state index in [1.54, 1.807) is 35.2 Å². The second-order valence-corrected chi connectivity index (χ2v) is 9.04. The third-order valence-electron chi connectivity index (χ3n) is 5.18. The minimum Gasteiger partial charge on any atom is -0.336 e. The first kappa shape index (κ1) is 20.2. The molecule has 1 aromatic heterocycles. The summed E-state index contributed by atoms with van der Waals surface area (Å²) in [7, 11) is -3.78. The molecule has 156 valence electrons. The van der Waals surface area contributed by atoms with Gasteiger partial charge in [-0.2, -0.15) is 4.31 Å². The molecule has 1 aliphatic rings. The van der Waals surface area contributed by atoms with Gasteiger partial charge in [0.15, 0.2) is 0 Å². The van der Waals surface area contributed by atoms with E-state index in [1.807, 2.05) is 0 Å². The van der Waals surface area contributed by atoms with Gasteiger partial charge in [-0.05, 0) is 48.2 Å². The molecule has 0 radical (unpaired) electrons. The Hall–Kier alpha value is -3.04. The number of rotatable bonds is 3. The fourth-order valence-electron chi connectivity index (χ4n) is 3.59. The molecule has 0 unspecified atom stereocenters. The highest BCUT2D eigenvalue weighted by Crippen LogP contribution is 2.19. The molecule has 0 atom stereocenters.